The molecule has 0 amide bonds. The summed E-state index contributed by atoms with van der Waals surface area (Å²) in [5.74, 6) is -0.836. The molecule has 1 rings (SSSR count). The largest absolute Gasteiger partial charge is 0.394 e. The summed E-state index contributed by atoms with van der Waals surface area (Å²) in [5, 5.41) is 27.2. The van der Waals surface area contributed by atoms with Crippen molar-refractivity contribution >= 4 is 22.6 Å². The maximum Gasteiger partial charge on any atom is 0.219 e. The summed E-state index contributed by atoms with van der Waals surface area (Å²) < 4.78 is 13.6. The zero-order chi connectivity index (χ0) is 10.7. The molecule has 0 fully saturated rings. The molecule has 3 N–H and O–H groups in total. The van der Waals surface area contributed by atoms with Crippen molar-refractivity contribution in [3.63, 3.8) is 0 Å². The SMILES string of the molecule is OCC(O)C(O)c1c(I)ccnc1F. The van der Waals surface area contributed by atoms with Crippen molar-refractivity contribution in [2.75, 3.05) is 6.61 Å². The molecule has 4 nitrogen and oxygen atoms in total. The van der Waals surface area contributed by atoms with Gasteiger partial charge in [-0.05, 0) is 28.7 Å². The fourth-order valence-electron chi connectivity index (χ4n) is 0.982. The van der Waals surface area contributed by atoms with Crippen LogP contribution >= 0.6 is 22.6 Å². The summed E-state index contributed by atoms with van der Waals surface area (Å²) in [4.78, 5) is 3.35. The lowest BCUT2D eigenvalue weighted by Crippen LogP contribution is -2.24. The average Bonchev–Trinajstić information content (AvgIpc) is 2.16. The van der Waals surface area contributed by atoms with E-state index in [2.05, 4.69) is 4.98 Å². The zero-order valence-electron chi connectivity index (χ0n) is 7.06. The van der Waals surface area contributed by atoms with Crippen LogP contribution in [0.4, 0.5) is 4.39 Å². The number of aliphatic hydroxyl groups excluding tert-OH is 3. The molecule has 0 aliphatic carbocycles. The third kappa shape index (κ3) is 2.38. The summed E-state index contributed by atoms with van der Waals surface area (Å²) in [6, 6.07) is 1.51. The Morgan fingerprint density at radius 2 is 2.14 bits per heavy atom. The Bertz CT molecular complexity index is 303. The predicted molar refractivity (Wildman–Crippen MR) is 55.0 cm³/mol. The van der Waals surface area contributed by atoms with E-state index >= 15 is 0 Å². The van der Waals surface area contributed by atoms with Crippen molar-refractivity contribution in [1.29, 1.82) is 0 Å². The second kappa shape index (κ2) is 4.96. The highest BCUT2D eigenvalue weighted by Gasteiger charge is 2.23. The first-order valence-electron chi connectivity index (χ1n) is 3.84. The predicted octanol–water partition coefficient (Wildman–Crippen LogP) is 0.212. The van der Waals surface area contributed by atoms with Crippen molar-refractivity contribution in [2.45, 2.75) is 12.2 Å². The van der Waals surface area contributed by atoms with Gasteiger partial charge in [-0.3, -0.25) is 0 Å². The van der Waals surface area contributed by atoms with Crippen molar-refractivity contribution in [1.82, 2.24) is 4.98 Å². The van der Waals surface area contributed by atoms with E-state index in [1.807, 2.05) is 22.6 Å². The van der Waals surface area contributed by atoms with Crippen LogP contribution in [0.15, 0.2) is 12.3 Å². The molecule has 6 heteroatoms. The quantitative estimate of drug-likeness (QED) is 0.551. The number of aromatic nitrogens is 1. The average molecular weight is 313 g/mol. The minimum atomic E-state index is -1.46. The molecule has 0 saturated carbocycles. The molecule has 14 heavy (non-hydrogen) atoms. The molecule has 2 atom stereocenters. The lowest BCUT2D eigenvalue weighted by Gasteiger charge is -2.17. The normalized spacial score (nSPS) is 15.2. The molecule has 1 aromatic rings. The van der Waals surface area contributed by atoms with Gasteiger partial charge in [0.1, 0.15) is 12.2 Å². The lowest BCUT2D eigenvalue weighted by molar-refractivity contribution is -0.0175. The van der Waals surface area contributed by atoms with Gasteiger partial charge in [0.05, 0.1) is 12.2 Å². The van der Waals surface area contributed by atoms with Crippen molar-refractivity contribution in [3.8, 4) is 0 Å². The van der Waals surface area contributed by atoms with E-state index in [9.17, 15) is 9.50 Å². The highest BCUT2D eigenvalue weighted by Crippen LogP contribution is 2.24. The Morgan fingerprint density at radius 3 is 2.64 bits per heavy atom. The van der Waals surface area contributed by atoms with E-state index in [1.54, 1.807) is 0 Å². The Hall–Kier alpha value is -0.310. The van der Waals surface area contributed by atoms with Crippen LogP contribution in [0, 0.1) is 9.52 Å². The number of nitrogens with zero attached hydrogens (tertiary/aromatic N) is 1. The monoisotopic (exact) mass is 313 g/mol. The molecule has 78 valence electrons. The van der Waals surface area contributed by atoms with Gasteiger partial charge in [-0.25, -0.2) is 4.98 Å². The highest BCUT2D eigenvalue weighted by molar-refractivity contribution is 14.1. The van der Waals surface area contributed by atoms with Crippen LogP contribution in [-0.2, 0) is 0 Å². The van der Waals surface area contributed by atoms with E-state index in [1.165, 1.54) is 12.3 Å². The van der Waals surface area contributed by atoms with Crippen molar-refractivity contribution < 1.29 is 19.7 Å². The third-order valence-corrected chi connectivity index (χ3v) is 2.68. The summed E-state index contributed by atoms with van der Waals surface area (Å²) in [7, 11) is 0. The zero-order valence-corrected chi connectivity index (χ0v) is 9.22. The Balaban J connectivity index is 3.05. The van der Waals surface area contributed by atoms with Gasteiger partial charge in [-0.2, -0.15) is 4.39 Å². The molecule has 1 heterocycles. The fraction of sp³-hybridized carbons (Fsp3) is 0.375. The third-order valence-electron chi connectivity index (χ3n) is 1.74. The molecule has 0 aromatic carbocycles. The van der Waals surface area contributed by atoms with E-state index in [4.69, 9.17) is 10.2 Å². The van der Waals surface area contributed by atoms with E-state index in [-0.39, 0.29) is 5.56 Å². The Labute approximate surface area is 93.6 Å². The molecule has 1 aromatic heterocycles. The molecule has 2 unspecified atom stereocenters. The number of aliphatic hydroxyl groups is 3. The number of hydrogen-bond acceptors (Lipinski definition) is 4. The molecule has 0 aliphatic rings. The smallest absolute Gasteiger partial charge is 0.219 e. The maximum absolute atomic E-state index is 13.1. The minimum absolute atomic E-state index is 0.0883. The first-order chi connectivity index (χ1) is 6.57. The first kappa shape index (κ1) is 11.8. The van der Waals surface area contributed by atoms with Crippen LogP contribution in [-0.4, -0.2) is 33.0 Å². The summed E-state index contributed by atoms with van der Waals surface area (Å²) in [5.41, 5.74) is -0.0883. The van der Waals surface area contributed by atoms with Gasteiger partial charge < -0.3 is 15.3 Å². The minimum Gasteiger partial charge on any atom is -0.394 e. The molecular formula is C8H9FINO3. The van der Waals surface area contributed by atoms with E-state index in [0.29, 0.717) is 3.57 Å². The first-order valence-corrected chi connectivity index (χ1v) is 4.92. The highest BCUT2D eigenvalue weighted by atomic mass is 127. The van der Waals surface area contributed by atoms with Gasteiger partial charge in [0.25, 0.3) is 0 Å². The van der Waals surface area contributed by atoms with E-state index < -0.39 is 24.8 Å². The second-order valence-corrected chi connectivity index (χ2v) is 3.85. The van der Waals surface area contributed by atoms with Gasteiger partial charge in [0.2, 0.25) is 5.95 Å². The summed E-state index contributed by atoms with van der Waals surface area (Å²) >= 11 is 1.82. The molecule has 0 saturated heterocycles. The summed E-state index contributed by atoms with van der Waals surface area (Å²) in [6.07, 6.45) is -1.60. The molecule has 0 spiro atoms. The van der Waals surface area contributed by atoms with Gasteiger partial charge in [-0.15, -0.1) is 0 Å². The van der Waals surface area contributed by atoms with Crippen LogP contribution < -0.4 is 0 Å². The van der Waals surface area contributed by atoms with Crippen LogP contribution in [0.25, 0.3) is 0 Å². The molecular weight excluding hydrogens is 304 g/mol. The van der Waals surface area contributed by atoms with Gasteiger partial charge in [0.15, 0.2) is 0 Å². The van der Waals surface area contributed by atoms with Crippen LogP contribution in [0.1, 0.15) is 11.7 Å². The van der Waals surface area contributed by atoms with Gasteiger partial charge in [-0.1, -0.05) is 0 Å². The Morgan fingerprint density at radius 1 is 1.50 bits per heavy atom. The number of halogens is 2. The van der Waals surface area contributed by atoms with Crippen LogP contribution in [0.5, 0.6) is 0 Å². The summed E-state index contributed by atoms with van der Waals surface area (Å²) in [6.45, 7) is -0.633. The maximum atomic E-state index is 13.1. The van der Waals surface area contributed by atoms with Gasteiger partial charge >= 0.3 is 0 Å². The fourth-order valence-corrected chi connectivity index (χ4v) is 1.68. The molecule has 0 radical (unpaired) electrons. The van der Waals surface area contributed by atoms with Gasteiger partial charge in [0, 0.05) is 9.77 Å². The number of rotatable bonds is 3. The number of pyridine rings is 1. The van der Waals surface area contributed by atoms with Crippen LogP contribution in [0.3, 0.4) is 0 Å². The van der Waals surface area contributed by atoms with Crippen molar-refractivity contribution in [2.24, 2.45) is 0 Å². The Kier molecular flexibility index (Phi) is 4.17. The van der Waals surface area contributed by atoms with Crippen molar-refractivity contribution in [3.05, 3.63) is 27.3 Å². The second-order valence-electron chi connectivity index (χ2n) is 2.69. The molecule has 0 bridgehead atoms. The lowest BCUT2D eigenvalue weighted by atomic mass is 10.1. The topological polar surface area (TPSA) is 73.6 Å². The van der Waals surface area contributed by atoms with Crippen LogP contribution in [0.2, 0.25) is 0 Å². The number of hydrogen-bond donors (Lipinski definition) is 3. The molecule has 0 aliphatic heterocycles. The van der Waals surface area contributed by atoms with E-state index in [0.717, 1.165) is 0 Å². The standard InChI is InChI=1S/C8H9FINO3/c9-8-6(4(10)1-2-11-8)7(14)5(13)3-12/h1-2,5,7,12-14H,3H2.